The lowest BCUT2D eigenvalue weighted by Gasteiger charge is -2.30. The van der Waals surface area contributed by atoms with E-state index in [1.54, 1.807) is 44.4 Å². The average Bonchev–Trinajstić information content (AvgIpc) is 3.59. The van der Waals surface area contributed by atoms with Crippen LogP contribution < -0.4 is 0 Å². The summed E-state index contributed by atoms with van der Waals surface area (Å²) in [6.07, 6.45) is 1.08. The molecule has 0 aliphatic heterocycles. The molecule has 0 heterocycles. The number of carbonyl (C=O) groups excluding carboxylic acids is 3. The largest absolute Gasteiger partial charge is 0.463 e. The van der Waals surface area contributed by atoms with Gasteiger partial charge in [0.2, 0.25) is 11.8 Å². The number of hydrogen-bond donors (Lipinski definition) is 0. The minimum Gasteiger partial charge on any atom is -0.463 e. The summed E-state index contributed by atoms with van der Waals surface area (Å²) in [5, 5.41) is 0.704. The summed E-state index contributed by atoms with van der Waals surface area (Å²) in [6.45, 7) is 2.98. The maximum Gasteiger partial charge on any atom is 0.316 e. The number of ether oxygens (including phenoxy) is 1. The fourth-order valence-corrected chi connectivity index (χ4v) is 4.04. The number of benzene rings is 2. The van der Waals surface area contributed by atoms with Crippen LogP contribution in [0.5, 0.6) is 0 Å². The Kier molecular flexibility index (Phi) is 7.88. The van der Waals surface area contributed by atoms with Crippen molar-refractivity contribution in [2.45, 2.75) is 38.1 Å². The lowest BCUT2D eigenvalue weighted by Crippen LogP contribution is -2.47. The van der Waals surface area contributed by atoms with E-state index in [0.29, 0.717) is 39.6 Å². The number of esters is 1. The molecule has 3 rings (SSSR count). The maximum atomic E-state index is 15.0. The second-order valence-electron chi connectivity index (χ2n) is 8.69. The second-order valence-corrected chi connectivity index (χ2v) is 9.50. The molecule has 1 fully saturated rings. The summed E-state index contributed by atoms with van der Waals surface area (Å²) >= 11 is 12.0. The molecule has 1 saturated carbocycles. The first-order valence-corrected chi connectivity index (χ1v) is 11.6. The van der Waals surface area contributed by atoms with Gasteiger partial charge in [0, 0.05) is 40.1 Å². The zero-order chi connectivity index (χ0) is 25.2. The molecule has 0 bridgehead atoms. The van der Waals surface area contributed by atoms with Gasteiger partial charge in [-0.25, -0.2) is 4.39 Å². The standard InChI is InChI=1S/C25H27Cl2FN2O4/c1-15(31)29(3)13-19(30(4)16(2)32)14-34-24(33)25(9-10-25)18-6-7-20(23(28)12-18)17-5-8-21(26)22(27)11-17/h5-8,11-12,19H,9-10,13-14H2,1-4H3. The van der Waals surface area contributed by atoms with Crippen molar-refractivity contribution >= 4 is 41.0 Å². The van der Waals surface area contributed by atoms with Crippen LogP contribution >= 0.6 is 23.2 Å². The van der Waals surface area contributed by atoms with E-state index in [-0.39, 0.29) is 25.0 Å². The van der Waals surface area contributed by atoms with Crippen molar-refractivity contribution in [3.63, 3.8) is 0 Å². The molecule has 2 aromatic carbocycles. The summed E-state index contributed by atoms with van der Waals surface area (Å²) in [5.74, 6) is -1.32. The van der Waals surface area contributed by atoms with E-state index in [1.165, 1.54) is 29.7 Å². The zero-order valence-electron chi connectivity index (χ0n) is 19.5. The van der Waals surface area contributed by atoms with Gasteiger partial charge < -0.3 is 14.5 Å². The summed E-state index contributed by atoms with van der Waals surface area (Å²) in [4.78, 5) is 39.4. The Morgan fingerprint density at radius 2 is 1.71 bits per heavy atom. The van der Waals surface area contributed by atoms with Crippen molar-refractivity contribution in [3.8, 4) is 11.1 Å². The summed E-state index contributed by atoms with van der Waals surface area (Å²) in [5.41, 5.74) is 0.552. The van der Waals surface area contributed by atoms with Crippen LogP contribution in [0.25, 0.3) is 11.1 Å². The summed E-state index contributed by atoms with van der Waals surface area (Å²) in [7, 11) is 3.21. The molecule has 9 heteroatoms. The topological polar surface area (TPSA) is 66.9 Å². The first kappa shape index (κ1) is 26.0. The molecular weight excluding hydrogens is 482 g/mol. The molecule has 1 aliphatic rings. The molecular formula is C25H27Cl2FN2O4. The molecule has 1 unspecified atom stereocenters. The lowest BCUT2D eigenvalue weighted by molar-refractivity contribution is -0.150. The van der Waals surface area contributed by atoms with Crippen LogP contribution in [-0.2, 0) is 24.5 Å². The number of hydrogen-bond acceptors (Lipinski definition) is 4. The van der Waals surface area contributed by atoms with E-state index < -0.39 is 23.2 Å². The number of halogens is 3. The van der Waals surface area contributed by atoms with Gasteiger partial charge in [-0.1, -0.05) is 41.4 Å². The molecule has 0 N–H and O–H groups in total. The number of nitrogens with zero attached hydrogens (tertiary/aromatic N) is 2. The molecule has 6 nitrogen and oxygen atoms in total. The highest BCUT2D eigenvalue weighted by Crippen LogP contribution is 2.50. The van der Waals surface area contributed by atoms with Crippen molar-refractivity contribution in [3.05, 3.63) is 57.8 Å². The fourth-order valence-electron chi connectivity index (χ4n) is 3.75. The van der Waals surface area contributed by atoms with Crippen LogP contribution in [-0.4, -0.2) is 60.9 Å². The first-order valence-electron chi connectivity index (χ1n) is 10.8. The number of likely N-dealkylation sites (N-methyl/N-ethyl adjacent to an activating group) is 2. The van der Waals surface area contributed by atoms with Gasteiger partial charge in [-0.05, 0) is 42.2 Å². The molecule has 1 aliphatic carbocycles. The fraction of sp³-hybridized carbons (Fsp3) is 0.400. The second kappa shape index (κ2) is 10.3. The van der Waals surface area contributed by atoms with Crippen LogP contribution in [0.3, 0.4) is 0 Å². The SMILES string of the molecule is CC(=O)N(C)CC(COC(=O)C1(c2ccc(-c3ccc(Cl)c(Cl)c3)c(F)c2)CC1)N(C)C(C)=O. The number of carbonyl (C=O) groups is 3. The summed E-state index contributed by atoms with van der Waals surface area (Å²) < 4.78 is 20.6. The van der Waals surface area contributed by atoms with Crippen molar-refractivity contribution < 1.29 is 23.5 Å². The van der Waals surface area contributed by atoms with E-state index in [2.05, 4.69) is 0 Å². The van der Waals surface area contributed by atoms with E-state index in [0.717, 1.165) is 0 Å². The Balaban J connectivity index is 1.76. The molecule has 2 amide bonds. The van der Waals surface area contributed by atoms with E-state index in [9.17, 15) is 14.4 Å². The third kappa shape index (κ3) is 5.53. The highest BCUT2D eigenvalue weighted by atomic mass is 35.5. The zero-order valence-corrected chi connectivity index (χ0v) is 21.0. The van der Waals surface area contributed by atoms with Crippen LogP contribution in [0.1, 0.15) is 32.3 Å². The minimum absolute atomic E-state index is 0.0713. The predicted molar refractivity (Wildman–Crippen MR) is 129 cm³/mol. The highest BCUT2D eigenvalue weighted by Gasteiger charge is 2.53. The molecule has 0 aromatic heterocycles. The van der Waals surface area contributed by atoms with Gasteiger partial charge in [0.15, 0.2) is 0 Å². The van der Waals surface area contributed by atoms with Gasteiger partial charge in [0.05, 0.1) is 21.5 Å². The Labute approximate surface area is 208 Å². The van der Waals surface area contributed by atoms with E-state index in [1.807, 2.05) is 0 Å². The van der Waals surface area contributed by atoms with Gasteiger partial charge in [0.1, 0.15) is 12.4 Å². The molecule has 182 valence electrons. The molecule has 0 saturated heterocycles. The number of rotatable bonds is 8. The summed E-state index contributed by atoms with van der Waals surface area (Å²) in [6, 6.07) is 9.06. The van der Waals surface area contributed by atoms with Gasteiger partial charge >= 0.3 is 5.97 Å². The lowest BCUT2D eigenvalue weighted by atomic mass is 9.93. The monoisotopic (exact) mass is 508 g/mol. The van der Waals surface area contributed by atoms with Crippen molar-refractivity contribution in [2.75, 3.05) is 27.2 Å². The van der Waals surface area contributed by atoms with Crippen LogP contribution in [0.4, 0.5) is 4.39 Å². The third-order valence-corrected chi connectivity index (χ3v) is 7.11. The van der Waals surface area contributed by atoms with Crippen LogP contribution in [0.2, 0.25) is 10.0 Å². The molecule has 0 radical (unpaired) electrons. The van der Waals surface area contributed by atoms with Crippen molar-refractivity contribution in [2.24, 2.45) is 0 Å². The van der Waals surface area contributed by atoms with Gasteiger partial charge in [-0.3, -0.25) is 14.4 Å². The van der Waals surface area contributed by atoms with Gasteiger partial charge in [-0.2, -0.15) is 0 Å². The van der Waals surface area contributed by atoms with Crippen molar-refractivity contribution in [1.29, 1.82) is 0 Å². The predicted octanol–water partition coefficient (Wildman–Crippen LogP) is 4.70. The Hall–Kier alpha value is -2.64. The Bertz CT molecular complexity index is 1120. The Morgan fingerprint density at radius 3 is 2.24 bits per heavy atom. The quantitative estimate of drug-likeness (QED) is 0.484. The molecule has 0 spiro atoms. The van der Waals surface area contributed by atoms with E-state index >= 15 is 4.39 Å². The molecule has 1 atom stereocenters. The third-order valence-electron chi connectivity index (χ3n) is 6.37. The molecule has 34 heavy (non-hydrogen) atoms. The normalized spacial score (nSPS) is 14.8. The van der Waals surface area contributed by atoms with Crippen LogP contribution in [0, 0.1) is 5.82 Å². The number of amides is 2. The van der Waals surface area contributed by atoms with Crippen LogP contribution in [0.15, 0.2) is 36.4 Å². The molecule has 2 aromatic rings. The average molecular weight is 509 g/mol. The van der Waals surface area contributed by atoms with Gasteiger partial charge in [0.25, 0.3) is 0 Å². The highest BCUT2D eigenvalue weighted by molar-refractivity contribution is 6.42. The van der Waals surface area contributed by atoms with E-state index in [4.69, 9.17) is 27.9 Å². The first-order chi connectivity index (χ1) is 16.0. The maximum absolute atomic E-state index is 15.0. The Morgan fingerprint density at radius 1 is 1.03 bits per heavy atom. The smallest absolute Gasteiger partial charge is 0.316 e. The van der Waals surface area contributed by atoms with Gasteiger partial charge in [-0.15, -0.1) is 0 Å². The van der Waals surface area contributed by atoms with Crippen molar-refractivity contribution in [1.82, 2.24) is 9.80 Å². The minimum atomic E-state index is -0.914.